The van der Waals surface area contributed by atoms with Gasteiger partial charge in [-0.25, -0.2) is 4.79 Å². The molecule has 2 aromatic rings. The normalized spacial score (nSPS) is 11.8. The van der Waals surface area contributed by atoms with Gasteiger partial charge in [0.2, 0.25) is 0 Å². The second-order valence-electron chi connectivity index (χ2n) is 5.03. The lowest BCUT2D eigenvalue weighted by Crippen LogP contribution is -2.25. The Morgan fingerprint density at radius 3 is 2.85 bits per heavy atom. The van der Waals surface area contributed by atoms with E-state index in [1.807, 2.05) is 13.8 Å². The van der Waals surface area contributed by atoms with Crippen molar-refractivity contribution in [1.82, 2.24) is 4.98 Å². The van der Waals surface area contributed by atoms with Crippen molar-refractivity contribution in [3.63, 3.8) is 0 Å². The number of nitrogens with zero attached hydrogens (tertiary/aromatic N) is 1. The Labute approximate surface area is 116 Å². The van der Waals surface area contributed by atoms with Crippen LogP contribution in [-0.4, -0.2) is 35.4 Å². The largest absolute Gasteiger partial charge is 0.478 e. The predicted octanol–water partition coefficient (Wildman–Crippen LogP) is 2.72. The van der Waals surface area contributed by atoms with Crippen molar-refractivity contribution in [3.05, 3.63) is 23.8 Å². The molecule has 0 atom stereocenters. The van der Waals surface area contributed by atoms with Crippen LogP contribution in [0.1, 0.15) is 30.6 Å². The summed E-state index contributed by atoms with van der Waals surface area (Å²) >= 11 is 0. The topological polar surface area (TPSA) is 81.8 Å². The number of hydrogen-bond acceptors (Lipinski definition) is 5. The highest BCUT2D eigenvalue weighted by molar-refractivity contribution is 5.91. The number of oxazole rings is 1. The van der Waals surface area contributed by atoms with Crippen molar-refractivity contribution < 1.29 is 23.8 Å². The molecule has 0 spiro atoms. The third kappa shape index (κ3) is 3.27. The van der Waals surface area contributed by atoms with E-state index >= 15 is 0 Å². The van der Waals surface area contributed by atoms with Crippen LogP contribution in [0.25, 0.3) is 11.1 Å². The van der Waals surface area contributed by atoms with E-state index in [1.165, 1.54) is 12.1 Å². The van der Waals surface area contributed by atoms with Gasteiger partial charge in [-0.3, -0.25) is 0 Å². The molecule has 0 aliphatic heterocycles. The molecule has 0 aliphatic carbocycles. The molecular weight excluding hydrogens is 262 g/mol. The average molecular weight is 279 g/mol. The summed E-state index contributed by atoms with van der Waals surface area (Å²) in [5, 5.41) is 8.90. The van der Waals surface area contributed by atoms with Crippen LogP contribution in [0.3, 0.4) is 0 Å². The summed E-state index contributed by atoms with van der Waals surface area (Å²) in [5.41, 5.74) is 0.838. The van der Waals surface area contributed by atoms with Crippen molar-refractivity contribution in [2.75, 3.05) is 13.7 Å². The number of carboxylic acids is 1. The number of aromatic nitrogens is 1. The minimum Gasteiger partial charge on any atom is -0.478 e. The molecular formula is C14H17NO5. The van der Waals surface area contributed by atoms with E-state index in [1.54, 1.807) is 13.2 Å². The summed E-state index contributed by atoms with van der Waals surface area (Å²) in [6, 6.07) is 4.50. The average Bonchev–Trinajstić information content (AvgIpc) is 2.79. The van der Waals surface area contributed by atoms with E-state index < -0.39 is 5.97 Å². The van der Waals surface area contributed by atoms with Crippen LogP contribution in [0, 0.1) is 0 Å². The second kappa shape index (κ2) is 5.50. The fourth-order valence-corrected chi connectivity index (χ4v) is 1.58. The molecule has 0 saturated heterocycles. The third-order valence-corrected chi connectivity index (χ3v) is 3.10. The maximum atomic E-state index is 10.9. The number of rotatable bonds is 6. The van der Waals surface area contributed by atoms with Crippen molar-refractivity contribution in [3.8, 4) is 6.08 Å². The zero-order valence-corrected chi connectivity index (χ0v) is 11.7. The van der Waals surface area contributed by atoms with E-state index in [9.17, 15) is 4.79 Å². The number of hydrogen-bond donors (Lipinski definition) is 1. The van der Waals surface area contributed by atoms with Gasteiger partial charge in [-0.05, 0) is 32.0 Å². The first-order chi connectivity index (χ1) is 9.41. The lowest BCUT2D eigenvalue weighted by Gasteiger charge is -2.21. The summed E-state index contributed by atoms with van der Waals surface area (Å²) in [6.45, 7) is 4.32. The van der Waals surface area contributed by atoms with Crippen LogP contribution in [0.15, 0.2) is 22.6 Å². The van der Waals surface area contributed by atoms with Gasteiger partial charge in [-0.1, -0.05) is 0 Å². The predicted molar refractivity (Wildman–Crippen MR) is 72.2 cm³/mol. The van der Waals surface area contributed by atoms with Crippen LogP contribution < -0.4 is 4.74 Å². The van der Waals surface area contributed by atoms with Crippen molar-refractivity contribution in [2.45, 2.75) is 25.9 Å². The summed E-state index contributed by atoms with van der Waals surface area (Å²) in [5.74, 6) is -1.01. The third-order valence-electron chi connectivity index (χ3n) is 3.10. The minimum atomic E-state index is -1.01. The molecule has 0 amide bonds. The Balaban J connectivity index is 2.06. The highest BCUT2D eigenvalue weighted by Gasteiger charge is 2.17. The number of methoxy groups -OCH3 is 1. The van der Waals surface area contributed by atoms with Gasteiger partial charge in [-0.2, -0.15) is 4.98 Å². The second-order valence-corrected chi connectivity index (χ2v) is 5.03. The molecule has 2 rings (SSSR count). The standard InChI is InChI=1S/C14H17NO5/c1-14(2,18-3)6-7-19-13-15-10-5-4-9(12(16)17)8-11(10)20-13/h4-5,8H,6-7H2,1-3H3,(H,16,17). The number of benzene rings is 1. The van der Waals surface area contributed by atoms with Crippen LogP contribution in [0.5, 0.6) is 6.08 Å². The number of ether oxygens (including phenoxy) is 2. The van der Waals surface area contributed by atoms with Crippen LogP contribution in [0.2, 0.25) is 0 Å². The maximum Gasteiger partial charge on any atom is 0.394 e. The van der Waals surface area contributed by atoms with Crippen LogP contribution in [-0.2, 0) is 4.74 Å². The number of aromatic carboxylic acids is 1. The number of carbonyl (C=O) groups is 1. The van der Waals surface area contributed by atoms with E-state index in [4.69, 9.17) is 19.0 Å². The fourth-order valence-electron chi connectivity index (χ4n) is 1.58. The van der Waals surface area contributed by atoms with E-state index in [0.29, 0.717) is 24.1 Å². The highest BCUT2D eigenvalue weighted by Crippen LogP contribution is 2.22. The van der Waals surface area contributed by atoms with Gasteiger partial charge in [0.15, 0.2) is 5.58 Å². The lowest BCUT2D eigenvalue weighted by atomic mass is 10.1. The molecule has 0 aliphatic rings. The molecule has 0 radical (unpaired) electrons. The molecule has 1 aromatic carbocycles. The zero-order chi connectivity index (χ0) is 14.8. The first-order valence-corrected chi connectivity index (χ1v) is 6.23. The van der Waals surface area contributed by atoms with Crippen LogP contribution >= 0.6 is 0 Å². The van der Waals surface area contributed by atoms with Gasteiger partial charge in [0.1, 0.15) is 5.52 Å². The van der Waals surface area contributed by atoms with Gasteiger partial charge in [0.25, 0.3) is 0 Å². The number of fused-ring (bicyclic) bond motifs is 1. The summed E-state index contributed by atoms with van der Waals surface area (Å²) in [7, 11) is 1.65. The monoisotopic (exact) mass is 279 g/mol. The minimum absolute atomic E-state index is 0.134. The van der Waals surface area contributed by atoms with Crippen molar-refractivity contribution in [2.24, 2.45) is 0 Å². The molecule has 0 saturated carbocycles. The van der Waals surface area contributed by atoms with Gasteiger partial charge < -0.3 is 19.0 Å². The quantitative estimate of drug-likeness (QED) is 0.875. The first-order valence-electron chi connectivity index (χ1n) is 6.23. The molecule has 1 aromatic heterocycles. The van der Waals surface area contributed by atoms with E-state index in [2.05, 4.69) is 4.98 Å². The molecule has 1 heterocycles. The number of carboxylic acid groups (broad SMARTS) is 1. The lowest BCUT2D eigenvalue weighted by molar-refractivity contribution is 0.00307. The van der Waals surface area contributed by atoms with Gasteiger partial charge in [-0.15, -0.1) is 0 Å². The molecule has 0 unspecified atom stereocenters. The van der Waals surface area contributed by atoms with Gasteiger partial charge >= 0.3 is 12.0 Å². The molecule has 6 nitrogen and oxygen atoms in total. The Hall–Kier alpha value is -2.08. The highest BCUT2D eigenvalue weighted by atomic mass is 16.6. The Kier molecular flexibility index (Phi) is 3.94. The summed E-state index contributed by atoms with van der Waals surface area (Å²) in [6.07, 6.45) is 0.817. The van der Waals surface area contributed by atoms with Gasteiger partial charge in [0.05, 0.1) is 17.8 Å². The maximum absolute atomic E-state index is 10.9. The van der Waals surface area contributed by atoms with Crippen molar-refractivity contribution in [1.29, 1.82) is 0 Å². The molecule has 0 bridgehead atoms. The molecule has 0 fully saturated rings. The SMILES string of the molecule is COC(C)(C)CCOc1nc2ccc(C(=O)O)cc2o1. The van der Waals surface area contributed by atoms with E-state index in [0.717, 1.165) is 0 Å². The fraction of sp³-hybridized carbons (Fsp3) is 0.429. The molecule has 108 valence electrons. The molecule has 20 heavy (non-hydrogen) atoms. The van der Waals surface area contributed by atoms with E-state index in [-0.39, 0.29) is 17.2 Å². The van der Waals surface area contributed by atoms with Crippen LogP contribution in [0.4, 0.5) is 0 Å². The summed E-state index contributed by atoms with van der Waals surface area (Å²) < 4.78 is 16.1. The Morgan fingerprint density at radius 1 is 1.45 bits per heavy atom. The first kappa shape index (κ1) is 14.3. The molecule has 1 N–H and O–H groups in total. The summed E-state index contributed by atoms with van der Waals surface area (Å²) in [4.78, 5) is 15.0. The van der Waals surface area contributed by atoms with Crippen molar-refractivity contribution >= 4 is 17.1 Å². The van der Waals surface area contributed by atoms with Gasteiger partial charge in [0, 0.05) is 13.5 Å². The zero-order valence-electron chi connectivity index (χ0n) is 11.7. The Morgan fingerprint density at radius 2 is 2.20 bits per heavy atom. The Bertz CT molecular complexity index is 617. The molecule has 6 heteroatoms. The smallest absolute Gasteiger partial charge is 0.394 e.